The zero-order valence-electron chi connectivity index (χ0n) is 10.1. The minimum atomic E-state index is -0.463. The number of rotatable bonds is 2. The molecule has 0 saturated heterocycles. The zero-order valence-corrected chi connectivity index (χ0v) is 10.1. The number of aromatic nitrogens is 2. The van der Waals surface area contributed by atoms with Crippen molar-refractivity contribution >= 4 is 0 Å². The average molecular weight is 268 g/mol. The van der Waals surface area contributed by atoms with Crippen LogP contribution in [0, 0.1) is 0 Å². The Hall–Kier alpha value is -3.02. The third-order valence-electron chi connectivity index (χ3n) is 2.58. The lowest BCUT2D eigenvalue weighted by Crippen LogP contribution is -1.99. The second kappa shape index (κ2) is 4.93. The Morgan fingerprint density at radius 3 is 1.40 bits per heavy atom. The summed E-state index contributed by atoms with van der Waals surface area (Å²) in [6.07, 6.45) is 2.76. The standard InChI is InChI=1S/C14H8N2O4/c17-11-5-7-15-13(19-11)9-1-2-10(4-3-9)14-16-8-6-12(18)20-14/h1-8H. The van der Waals surface area contributed by atoms with Crippen LogP contribution in [0.25, 0.3) is 22.9 Å². The molecule has 0 atom stereocenters. The summed E-state index contributed by atoms with van der Waals surface area (Å²) in [4.78, 5) is 30.2. The lowest BCUT2D eigenvalue weighted by molar-refractivity contribution is 0.505. The molecule has 0 aliphatic carbocycles. The predicted molar refractivity (Wildman–Crippen MR) is 70.0 cm³/mol. The van der Waals surface area contributed by atoms with Gasteiger partial charge in [-0.2, -0.15) is 0 Å². The van der Waals surface area contributed by atoms with Gasteiger partial charge in [-0.15, -0.1) is 0 Å². The maximum Gasteiger partial charge on any atom is 0.339 e. The molecule has 6 heteroatoms. The minimum Gasteiger partial charge on any atom is -0.404 e. The highest BCUT2D eigenvalue weighted by molar-refractivity contribution is 5.61. The number of nitrogens with zero attached hydrogens (tertiary/aromatic N) is 2. The monoisotopic (exact) mass is 268 g/mol. The molecule has 0 unspecified atom stereocenters. The van der Waals surface area contributed by atoms with Gasteiger partial charge in [0.2, 0.25) is 11.8 Å². The van der Waals surface area contributed by atoms with Gasteiger partial charge in [0.1, 0.15) is 0 Å². The second-order valence-corrected chi connectivity index (χ2v) is 3.92. The van der Waals surface area contributed by atoms with Crippen LogP contribution in [0.15, 0.2) is 67.2 Å². The summed E-state index contributed by atoms with van der Waals surface area (Å²) in [6.45, 7) is 0. The van der Waals surface area contributed by atoms with Crippen LogP contribution in [0.3, 0.4) is 0 Å². The van der Waals surface area contributed by atoms with Crippen LogP contribution in [0.2, 0.25) is 0 Å². The molecule has 0 radical (unpaired) electrons. The van der Waals surface area contributed by atoms with Gasteiger partial charge in [0.25, 0.3) is 0 Å². The summed E-state index contributed by atoms with van der Waals surface area (Å²) >= 11 is 0. The minimum absolute atomic E-state index is 0.228. The Kier molecular flexibility index (Phi) is 2.96. The molecule has 0 spiro atoms. The fourth-order valence-corrected chi connectivity index (χ4v) is 1.67. The highest BCUT2D eigenvalue weighted by Gasteiger charge is 2.06. The van der Waals surface area contributed by atoms with Crippen LogP contribution in [0.5, 0.6) is 0 Å². The molecule has 0 bridgehead atoms. The largest absolute Gasteiger partial charge is 0.404 e. The van der Waals surface area contributed by atoms with Gasteiger partial charge in [-0.3, -0.25) is 0 Å². The van der Waals surface area contributed by atoms with Gasteiger partial charge in [-0.1, -0.05) is 0 Å². The molecule has 0 aliphatic heterocycles. The number of hydrogen-bond donors (Lipinski definition) is 0. The fraction of sp³-hybridized carbons (Fsp3) is 0. The third-order valence-corrected chi connectivity index (χ3v) is 2.58. The normalized spacial score (nSPS) is 10.4. The number of benzene rings is 1. The van der Waals surface area contributed by atoms with Crippen molar-refractivity contribution in [3.05, 3.63) is 69.6 Å². The van der Waals surface area contributed by atoms with Crippen molar-refractivity contribution in [2.45, 2.75) is 0 Å². The predicted octanol–water partition coefficient (Wildman–Crippen LogP) is 1.72. The molecular formula is C14H8N2O4. The lowest BCUT2D eigenvalue weighted by atomic mass is 10.1. The first-order chi connectivity index (χ1) is 9.72. The van der Waals surface area contributed by atoms with E-state index in [-0.39, 0.29) is 11.8 Å². The molecule has 0 aliphatic rings. The average Bonchev–Trinajstić information content (AvgIpc) is 2.47. The molecule has 0 amide bonds. The zero-order chi connectivity index (χ0) is 13.9. The highest BCUT2D eigenvalue weighted by atomic mass is 16.4. The third kappa shape index (κ3) is 2.39. The SMILES string of the molecule is O=c1ccnc(-c2ccc(-c3nccc(=O)o3)cc2)o1. The van der Waals surface area contributed by atoms with E-state index in [0.29, 0.717) is 11.1 Å². The molecule has 2 aromatic heterocycles. The van der Waals surface area contributed by atoms with Crippen LogP contribution in [0.1, 0.15) is 0 Å². The molecule has 20 heavy (non-hydrogen) atoms. The van der Waals surface area contributed by atoms with E-state index in [1.807, 2.05) is 0 Å². The van der Waals surface area contributed by atoms with E-state index in [2.05, 4.69) is 9.97 Å². The molecule has 3 aromatic rings. The molecule has 6 nitrogen and oxygen atoms in total. The van der Waals surface area contributed by atoms with Crippen LogP contribution in [-0.2, 0) is 0 Å². The summed E-state index contributed by atoms with van der Waals surface area (Å²) in [5.74, 6) is 0.457. The quantitative estimate of drug-likeness (QED) is 0.703. The molecule has 2 heterocycles. The molecule has 0 N–H and O–H groups in total. The first-order valence-corrected chi connectivity index (χ1v) is 5.75. The van der Waals surface area contributed by atoms with Crippen molar-refractivity contribution in [1.82, 2.24) is 9.97 Å². The van der Waals surface area contributed by atoms with Crippen LogP contribution >= 0.6 is 0 Å². The van der Waals surface area contributed by atoms with Crippen molar-refractivity contribution in [2.24, 2.45) is 0 Å². The van der Waals surface area contributed by atoms with Crippen molar-refractivity contribution in [3.63, 3.8) is 0 Å². The van der Waals surface area contributed by atoms with Crippen LogP contribution < -0.4 is 11.3 Å². The first kappa shape index (κ1) is 12.0. The van der Waals surface area contributed by atoms with Crippen LogP contribution in [-0.4, -0.2) is 9.97 Å². The second-order valence-electron chi connectivity index (χ2n) is 3.92. The van der Waals surface area contributed by atoms with E-state index >= 15 is 0 Å². The van der Waals surface area contributed by atoms with E-state index in [1.54, 1.807) is 24.3 Å². The van der Waals surface area contributed by atoms with Crippen molar-refractivity contribution in [3.8, 4) is 22.9 Å². The summed E-state index contributed by atoms with van der Waals surface area (Å²) in [5.41, 5.74) is 0.360. The fourth-order valence-electron chi connectivity index (χ4n) is 1.67. The van der Waals surface area contributed by atoms with Gasteiger partial charge in [0.05, 0.1) is 0 Å². The maximum absolute atomic E-state index is 11.1. The molecular weight excluding hydrogens is 260 g/mol. The topological polar surface area (TPSA) is 86.2 Å². The molecule has 0 saturated carbocycles. The molecule has 1 aromatic carbocycles. The van der Waals surface area contributed by atoms with E-state index < -0.39 is 11.3 Å². The maximum atomic E-state index is 11.1. The summed E-state index contributed by atoms with van der Waals surface area (Å²) in [7, 11) is 0. The smallest absolute Gasteiger partial charge is 0.339 e. The molecule has 98 valence electrons. The van der Waals surface area contributed by atoms with Crippen molar-refractivity contribution in [1.29, 1.82) is 0 Å². The summed E-state index contributed by atoms with van der Waals surface area (Å²) in [6, 6.07) is 9.29. The Balaban J connectivity index is 2.00. The van der Waals surface area contributed by atoms with Crippen molar-refractivity contribution in [2.75, 3.05) is 0 Å². The first-order valence-electron chi connectivity index (χ1n) is 5.75. The molecule has 3 rings (SSSR count). The van der Waals surface area contributed by atoms with Gasteiger partial charge < -0.3 is 8.83 Å². The van der Waals surface area contributed by atoms with E-state index in [9.17, 15) is 9.59 Å². The van der Waals surface area contributed by atoms with Gasteiger partial charge in [-0.05, 0) is 24.3 Å². The van der Waals surface area contributed by atoms with Gasteiger partial charge in [0, 0.05) is 35.7 Å². The Bertz CT molecular complexity index is 777. The van der Waals surface area contributed by atoms with Crippen molar-refractivity contribution < 1.29 is 8.83 Å². The molecule has 0 fully saturated rings. The van der Waals surface area contributed by atoms with Gasteiger partial charge >= 0.3 is 11.3 Å². The van der Waals surface area contributed by atoms with Gasteiger partial charge in [0.15, 0.2) is 0 Å². The highest BCUT2D eigenvalue weighted by Crippen LogP contribution is 2.20. The van der Waals surface area contributed by atoms with Crippen LogP contribution in [0.4, 0.5) is 0 Å². The number of hydrogen-bond acceptors (Lipinski definition) is 6. The van der Waals surface area contributed by atoms with Gasteiger partial charge in [-0.25, -0.2) is 19.6 Å². The Morgan fingerprint density at radius 2 is 1.05 bits per heavy atom. The summed E-state index contributed by atoms with van der Waals surface area (Å²) in [5, 5.41) is 0. The van der Waals surface area contributed by atoms with E-state index in [0.717, 1.165) is 0 Å². The van der Waals surface area contributed by atoms with E-state index in [1.165, 1.54) is 24.5 Å². The Morgan fingerprint density at radius 1 is 0.650 bits per heavy atom. The lowest BCUT2D eigenvalue weighted by Gasteiger charge is -2.01. The summed E-state index contributed by atoms with van der Waals surface area (Å²) < 4.78 is 9.94. The van der Waals surface area contributed by atoms with E-state index in [4.69, 9.17) is 8.83 Å². The Labute approximate surface area is 112 Å².